The number of H-pyrrole nitrogens is 1. The summed E-state index contributed by atoms with van der Waals surface area (Å²) in [6, 6.07) is 5.76. The van der Waals surface area contributed by atoms with Crippen molar-refractivity contribution in [3.63, 3.8) is 0 Å². The number of benzene rings is 1. The van der Waals surface area contributed by atoms with Crippen LogP contribution in [0.2, 0.25) is 0 Å². The summed E-state index contributed by atoms with van der Waals surface area (Å²) >= 11 is 4.17. The van der Waals surface area contributed by atoms with E-state index in [9.17, 15) is 4.79 Å². The van der Waals surface area contributed by atoms with Crippen molar-refractivity contribution < 1.29 is 4.79 Å². The predicted octanol–water partition coefficient (Wildman–Crippen LogP) is 5.50. The van der Waals surface area contributed by atoms with Gasteiger partial charge in [0.15, 0.2) is 0 Å². The normalized spacial score (nSPS) is 25.4. The lowest BCUT2D eigenvalue weighted by atomic mass is 9.73. The van der Waals surface area contributed by atoms with Gasteiger partial charge in [0, 0.05) is 65.7 Å². The van der Waals surface area contributed by atoms with E-state index >= 15 is 0 Å². The largest absolute Gasteiger partial charge is 0.358 e. The molecule has 1 aromatic heterocycles. The molecule has 2 fully saturated rings. The summed E-state index contributed by atoms with van der Waals surface area (Å²) in [5.74, 6) is 2.95. The van der Waals surface area contributed by atoms with Crippen molar-refractivity contribution in [1.82, 2.24) is 20.1 Å². The van der Waals surface area contributed by atoms with E-state index in [2.05, 4.69) is 78.6 Å². The third-order valence-electron chi connectivity index (χ3n) is 7.79. The topological polar surface area (TPSA) is 51.4 Å². The maximum Gasteiger partial charge on any atom is 0.317 e. The lowest BCUT2D eigenvalue weighted by Gasteiger charge is -2.47. The molecule has 7 heteroatoms. The molecule has 2 saturated heterocycles. The van der Waals surface area contributed by atoms with Crippen molar-refractivity contribution in [2.24, 2.45) is 0 Å². The Kier molecular flexibility index (Phi) is 6.92. The molecular formula is C26H38N4OS2. The fourth-order valence-corrected chi connectivity index (χ4v) is 9.09. The van der Waals surface area contributed by atoms with E-state index < -0.39 is 0 Å². The molecule has 180 valence electrons. The van der Waals surface area contributed by atoms with E-state index in [0.717, 1.165) is 45.4 Å². The molecule has 5 rings (SSSR count). The minimum Gasteiger partial charge on any atom is -0.358 e. The minimum absolute atomic E-state index is 0.0894. The number of hydrogen-bond donors (Lipinski definition) is 2. The SMILES string of the molecule is CCCN1C[C@@H](NC(=O)N(CC)CC)CC2c3cc(C4SCCS4)cc4[nH]c(C)c(c34)C[C@H]21. The fraction of sp³-hybridized carbons (Fsp3) is 0.654. The molecule has 5 nitrogen and oxygen atoms in total. The van der Waals surface area contributed by atoms with E-state index in [1.807, 2.05) is 4.90 Å². The summed E-state index contributed by atoms with van der Waals surface area (Å²) in [5.41, 5.74) is 7.16. The Balaban J connectivity index is 1.52. The molecule has 0 bridgehead atoms. The molecule has 0 spiro atoms. The maximum absolute atomic E-state index is 12.9. The Morgan fingerprint density at radius 1 is 1.21 bits per heavy atom. The maximum atomic E-state index is 12.9. The molecule has 3 heterocycles. The molecule has 2 amide bonds. The second kappa shape index (κ2) is 9.74. The van der Waals surface area contributed by atoms with Crippen LogP contribution in [-0.2, 0) is 6.42 Å². The molecule has 1 aliphatic carbocycles. The molecule has 1 unspecified atom stereocenters. The van der Waals surface area contributed by atoms with Gasteiger partial charge in [-0.25, -0.2) is 4.79 Å². The number of thioether (sulfide) groups is 2. The molecule has 3 aliphatic rings. The number of nitrogens with zero attached hydrogens (tertiary/aromatic N) is 2. The number of urea groups is 1. The highest BCUT2D eigenvalue weighted by Crippen LogP contribution is 2.50. The van der Waals surface area contributed by atoms with Gasteiger partial charge in [0.05, 0.1) is 4.58 Å². The molecule has 2 aliphatic heterocycles. The van der Waals surface area contributed by atoms with Crippen LogP contribution in [0, 0.1) is 6.92 Å². The number of aromatic nitrogens is 1. The molecule has 2 aromatic rings. The van der Waals surface area contributed by atoms with Gasteiger partial charge in [-0.3, -0.25) is 4.90 Å². The van der Waals surface area contributed by atoms with Gasteiger partial charge in [0.2, 0.25) is 0 Å². The number of carbonyl (C=O) groups is 1. The zero-order valence-corrected chi connectivity index (χ0v) is 22.1. The second-order valence-corrected chi connectivity index (χ2v) is 12.5. The Bertz CT molecular complexity index is 1010. The Labute approximate surface area is 206 Å². The van der Waals surface area contributed by atoms with Gasteiger partial charge >= 0.3 is 6.03 Å². The first-order valence-electron chi connectivity index (χ1n) is 12.7. The number of piperidine rings is 1. The van der Waals surface area contributed by atoms with Gasteiger partial charge in [0.1, 0.15) is 0 Å². The Morgan fingerprint density at radius 2 is 1.97 bits per heavy atom. The number of carbonyl (C=O) groups excluding carboxylic acids is 1. The van der Waals surface area contributed by atoms with Crippen LogP contribution in [0.15, 0.2) is 12.1 Å². The third-order valence-corrected chi connectivity index (χ3v) is 10.9. The summed E-state index contributed by atoms with van der Waals surface area (Å²) in [6.45, 7) is 12.2. The van der Waals surface area contributed by atoms with Gasteiger partial charge in [-0.05, 0) is 69.3 Å². The fourth-order valence-electron chi connectivity index (χ4n) is 6.27. The van der Waals surface area contributed by atoms with Crippen molar-refractivity contribution in [3.05, 3.63) is 34.5 Å². The average molecular weight is 487 g/mol. The van der Waals surface area contributed by atoms with Gasteiger partial charge in [-0.1, -0.05) is 13.0 Å². The van der Waals surface area contributed by atoms with E-state index in [4.69, 9.17) is 0 Å². The first-order valence-corrected chi connectivity index (χ1v) is 14.8. The van der Waals surface area contributed by atoms with E-state index in [1.165, 1.54) is 44.8 Å². The summed E-state index contributed by atoms with van der Waals surface area (Å²) in [6.07, 6.45) is 3.29. The highest BCUT2D eigenvalue weighted by atomic mass is 32.2. The highest BCUT2D eigenvalue weighted by Gasteiger charge is 2.42. The van der Waals surface area contributed by atoms with Crippen LogP contribution in [0.1, 0.15) is 66.5 Å². The zero-order chi connectivity index (χ0) is 23.1. The Hall–Kier alpha value is -1.31. The summed E-state index contributed by atoms with van der Waals surface area (Å²) in [5, 5.41) is 4.87. The van der Waals surface area contributed by atoms with Gasteiger partial charge in [-0.2, -0.15) is 0 Å². The lowest BCUT2D eigenvalue weighted by Crippen LogP contribution is -2.58. The van der Waals surface area contributed by atoms with E-state index in [0.29, 0.717) is 16.5 Å². The smallest absolute Gasteiger partial charge is 0.317 e. The number of fused-ring (bicyclic) bond motifs is 2. The predicted molar refractivity (Wildman–Crippen MR) is 143 cm³/mol. The monoisotopic (exact) mass is 486 g/mol. The van der Waals surface area contributed by atoms with Crippen LogP contribution in [0.25, 0.3) is 10.9 Å². The van der Waals surface area contributed by atoms with Crippen LogP contribution >= 0.6 is 23.5 Å². The first-order chi connectivity index (χ1) is 16.0. The molecular weight excluding hydrogens is 448 g/mol. The van der Waals surface area contributed by atoms with E-state index in [-0.39, 0.29) is 12.1 Å². The van der Waals surface area contributed by atoms with Crippen LogP contribution in [-0.4, -0.2) is 70.6 Å². The quantitative estimate of drug-likeness (QED) is 0.566. The number of rotatable bonds is 6. The summed E-state index contributed by atoms with van der Waals surface area (Å²) in [7, 11) is 0. The Morgan fingerprint density at radius 3 is 2.67 bits per heavy atom. The van der Waals surface area contributed by atoms with Gasteiger partial charge in [0.25, 0.3) is 0 Å². The second-order valence-electron chi connectivity index (χ2n) is 9.76. The zero-order valence-electron chi connectivity index (χ0n) is 20.4. The molecule has 0 saturated carbocycles. The number of amides is 2. The molecule has 1 aromatic carbocycles. The summed E-state index contributed by atoms with van der Waals surface area (Å²) < 4.78 is 0.548. The van der Waals surface area contributed by atoms with Crippen molar-refractivity contribution >= 4 is 40.5 Å². The van der Waals surface area contributed by atoms with Crippen LogP contribution in [0.5, 0.6) is 0 Å². The van der Waals surface area contributed by atoms with Crippen LogP contribution in [0.3, 0.4) is 0 Å². The summed E-state index contributed by atoms with van der Waals surface area (Å²) in [4.78, 5) is 21.2. The molecule has 33 heavy (non-hydrogen) atoms. The van der Waals surface area contributed by atoms with Crippen molar-refractivity contribution in [2.45, 2.75) is 69.5 Å². The first kappa shape index (κ1) is 23.4. The minimum atomic E-state index is 0.0894. The molecule has 0 radical (unpaired) electrons. The number of aryl methyl sites for hydroxylation is 1. The van der Waals surface area contributed by atoms with Crippen molar-refractivity contribution in [2.75, 3.05) is 37.7 Å². The van der Waals surface area contributed by atoms with E-state index in [1.54, 1.807) is 0 Å². The van der Waals surface area contributed by atoms with Crippen LogP contribution < -0.4 is 5.32 Å². The average Bonchev–Trinajstić information content (AvgIpc) is 3.44. The number of aromatic amines is 1. The lowest BCUT2D eigenvalue weighted by molar-refractivity contribution is 0.0978. The van der Waals surface area contributed by atoms with Gasteiger partial charge < -0.3 is 15.2 Å². The molecule has 2 N–H and O–H groups in total. The number of nitrogens with one attached hydrogen (secondary N) is 2. The highest BCUT2D eigenvalue weighted by molar-refractivity contribution is 8.19. The number of likely N-dealkylation sites (tertiary alicyclic amines) is 1. The van der Waals surface area contributed by atoms with Gasteiger partial charge in [-0.15, -0.1) is 23.5 Å². The molecule has 3 atom stereocenters. The van der Waals surface area contributed by atoms with Crippen LogP contribution in [0.4, 0.5) is 4.79 Å². The number of hydrogen-bond acceptors (Lipinski definition) is 4. The third kappa shape index (κ3) is 4.30. The standard InChI is InChI=1S/C26H38N4OS2/c1-5-8-30-15-18(28-26(31)29(6-2)7-3)13-20-21-11-17(25-32-9-10-33-25)12-22-24(21)19(14-23(20)30)16(4)27-22/h11-12,18,20,23,25,27H,5-10,13-15H2,1-4H3,(H,28,31)/t18-,20?,23+/m0/s1. The van der Waals surface area contributed by atoms with Crippen molar-refractivity contribution in [3.8, 4) is 0 Å². The van der Waals surface area contributed by atoms with Crippen molar-refractivity contribution in [1.29, 1.82) is 0 Å².